The Bertz CT molecular complexity index is 597. The predicted molar refractivity (Wildman–Crippen MR) is 67.3 cm³/mol. The van der Waals surface area contributed by atoms with Gasteiger partial charge in [0.15, 0.2) is 11.5 Å². The van der Waals surface area contributed by atoms with Gasteiger partial charge in [-0.05, 0) is 30.3 Å². The largest absolute Gasteiger partial charge is 0.504 e. The molecule has 2 rings (SSSR count). The maximum atomic E-state index is 12.8. The van der Waals surface area contributed by atoms with E-state index in [0.29, 0.717) is 4.47 Å². The van der Waals surface area contributed by atoms with Gasteiger partial charge in [0.1, 0.15) is 5.75 Å². The van der Waals surface area contributed by atoms with Crippen molar-refractivity contribution in [2.45, 2.75) is 6.18 Å². The van der Waals surface area contributed by atoms with Gasteiger partial charge >= 0.3 is 6.18 Å². The van der Waals surface area contributed by atoms with Gasteiger partial charge in [-0.25, -0.2) is 0 Å². The normalized spacial score (nSPS) is 11.4. The molecule has 0 aliphatic rings. The van der Waals surface area contributed by atoms with Crippen LogP contribution in [0.25, 0.3) is 0 Å². The van der Waals surface area contributed by atoms with Gasteiger partial charge in [0.2, 0.25) is 0 Å². The lowest BCUT2D eigenvalue weighted by molar-refractivity contribution is -0.138. The molecule has 0 radical (unpaired) electrons. The summed E-state index contributed by atoms with van der Waals surface area (Å²) in [6.07, 6.45) is -4.53. The summed E-state index contributed by atoms with van der Waals surface area (Å²) < 4.78 is 44.1. The Morgan fingerprint density at radius 2 is 1.68 bits per heavy atom. The van der Waals surface area contributed by atoms with E-state index in [1.165, 1.54) is 24.3 Å². The van der Waals surface area contributed by atoms with Gasteiger partial charge in [-0.1, -0.05) is 28.1 Å². The Balaban J connectivity index is 2.45. The van der Waals surface area contributed by atoms with Gasteiger partial charge in [0.05, 0.1) is 5.56 Å². The minimum atomic E-state index is -4.53. The van der Waals surface area contributed by atoms with Crippen molar-refractivity contribution >= 4 is 15.9 Å². The summed E-state index contributed by atoms with van der Waals surface area (Å²) >= 11 is 3.09. The van der Waals surface area contributed by atoms with Crippen molar-refractivity contribution in [1.82, 2.24) is 0 Å². The smallest absolute Gasteiger partial charge is 0.419 e. The number of aromatic hydroxyl groups is 1. The number of para-hydroxylation sites is 2. The van der Waals surface area contributed by atoms with Crippen molar-refractivity contribution < 1.29 is 23.0 Å². The molecule has 19 heavy (non-hydrogen) atoms. The highest BCUT2D eigenvalue weighted by atomic mass is 79.9. The second kappa shape index (κ2) is 5.13. The number of ether oxygens (including phenoxy) is 1. The summed E-state index contributed by atoms with van der Waals surface area (Å²) in [7, 11) is 0. The van der Waals surface area contributed by atoms with Gasteiger partial charge in [-0.15, -0.1) is 0 Å². The fourth-order valence-electron chi connectivity index (χ4n) is 1.48. The number of alkyl halides is 3. The molecule has 0 aliphatic carbocycles. The molecule has 0 atom stereocenters. The molecule has 2 aromatic carbocycles. The van der Waals surface area contributed by atoms with Crippen LogP contribution in [0, 0.1) is 0 Å². The molecule has 0 unspecified atom stereocenters. The van der Waals surface area contributed by atoms with Crippen molar-refractivity contribution in [1.29, 1.82) is 0 Å². The second-order valence-corrected chi connectivity index (χ2v) is 4.62. The molecule has 0 heterocycles. The Morgan fingerprint density at radius 3 is 2.32 bits per heavy atom. The van der Waals surface area contributed by atoms with Crippen LogP contribution in [0.3, 0.4) is 0 Å². The van der Waals surface area contributed by atoms with E-state index in [1.54, 1.807) is 12.1 Å². The lowest BCUT2D eigenvalue weighted by Crippen LogP contribution is -2.07. The molecule has 0 amide bonds. The lowest BCUT2D eigenvalue weighted by Gasteiger charge is -2.14. The summed E-state index contributed by atoms with van der Waals surface area (Å²) in [5.74, 6) is -0.634. The molecule has 0 bridgehead atoms. The first-order valence-electron chi connectivity index (χ1n) is 5.20. The van der Waals surface area contributed by atoms with Crippen molar-refractivity contribution in [3.05, 3.63) is 52.5 Å². The fourth-order valence-corrected chi connectivity index (χ4v) is 1.82. The first kappa shape index (κ1) is 13.7. The molecule has 0 saturated carbocycles. The number of hydrogen-bond donors (Lipinski definition) is 1. The van der Waals surface area contributed by atoms with E-state index >= 15 is 0 Å². The molecule has 0 saturated heterocycles. The van der Waals surface area contributed by atoms with Crippen LogP contribution < -0.4 is 4.74 Å². The van der Waals surface area contributed by atoms with E-state index in [-0.39, 0.29) is 17.2 Å². The predicted octanol–water partition coefficient (Wildman–Crippen LogP) is 4.97. The summed E-state index contributed by atoms with van der Waals surface area (Å²) in [6.45, 7) is 0. The molecular weight excluding hydrogens is 325 g/mol. The number of benzene rings is 2. The molecule has 2 aromatic rings. The highest BCUT2D eigenvalue weighted by Crippen LogP contribution is 2.41. The Kier molecular flexibility index (Phi) is 3.71. The maximum absolute atomic E-state index is 12.8. The standard InChI is InChI=1S/C13H8BrF3O2/c14-8-5-6-9(13(15,16)17)12(7-8)19-11-4-2-1-3-10(11)18/h1-7,18H. The van der Waals surface area contributed by atoms with Crippen molar-refractivity contribution in [2.75, 3.05) is 0 Å². The highest BCUT2D eigenvalue weighted by Gasteiger charge is 2.34. The average Bonchev–Trinajstić information content (AvgIpc) is 2.30. The first-order valence-corrected chi connectivity index (χ1v) is 6.00. The fraction of sp³-hybridized carbons (Fsp3) is 0.0769. The topological polar surface area (TPSA) is 29.5 Å². The Hall–Kier alpha value is -1.69. The maximum Gasteiger partial charge on any atom is 0.419 e. The second-order valence-electron chi connectivity index (χ2n) is 3.71. The number of halogens is 4. The van der Waals surface area contributed by atoms with Crippen LogP contribution in [0.4, 0.5) is 13.2 Å². The van der Waals surface area contributed by atoms with Gasteiger partial charge in [0, 0.05) is 4.47 Å². The molecule has 0 spiro atoms. The number of rotatable bonds is 2. The van der Waals surface area contributed by atoms with Crippen LogP contribution in [0.2, 0.25) is 0 Å². The number of hydrogen-bond acceptors (Lipinski definition) is 2. The zero-order valence-electron chi connectivity index (χ0n) is 9.41. The van der Waals surface area contributed by atoms with Gasteiger partial charge in [0.25, 0.3) is 0 Å². The minimum absolute atomic E-state index is 0.0360. The SMILES string of the molecule is Oc1ccccc1Oc1cc(Br)ccc1C(F)(F)F. The van der Waals surface area contributed by atoms with Crippen molar-refractivity contribution in [3.63, 3.8) is 0 Å². The van der Waals surface area contributed by atoms with E-state index in [0.717, 1.165) is 6.07 Å². The molecule has 0 aromatic heterocycles. The number of phenolic OH excluding ortho intramolecular Hbond substituents is 1. The van der Waals surface area contributed by atoms with E-state index < -0.39 is 11.7 Å². The third-order valence-corrected chi connectivity index (χ3v) is 2.83. The summed E-state index contributed by atoms with van der Waals surface area (Å²) in [5.41, 5.74) is -0.904. The van der Waals surface area contributed by atoms with Crippen molar-refractivity contribution in [2.24, 2.45) is 0 Å². The van der Waals surface area contributed by atoms with Gasteiger partial charge in [-0.3, -0.25) is 0 Å². The third-order valence-electron chi connectivity index (χ3n) is 2.33. The van der Waals surface area contributed by atoms with Crippen LogP contribution in [-0.4, -0.2) is 5.11 Å². The van der Waals surface area contributed by atoms with E-state index in [1.807, 2.05) is 0 Å². The van der Waals surface area contributed by atoms with Crippen LogP contribution in [-0.2, 0) is 6.18 Å². The van der Waals surface area contributed by atoms with E-state index in [4.69, 9.17) is 4.74 Å². The van der Waals surface area contributed by atoms with Crippen LogP contribution in [0.15, 0.2) is 46.9 Å². The third kappa shape index (κ3) is 3.20. The molecule has 100 valence electrons. The summed E-state index contributed by atoms with van der Waals surface area (Å²) in [5, 5.41) is 9.52. The molecule has 2 nitrogen and oxygen atoms in total. The summed E-state index contributed by atoms with van der Waals surface area (Å²) in [6, 6.07) is 9.22. The Labute approximate surface area is 115 Å². The van der Waals surface area contributed by atoms with Crippen LogP contribution in [0.5, 0.6) is 17.2 Å². The minimum Gasteiger partial charge on any atom is -0.504 e. The van der Waals surface area contributed by atoms with E-state index in [9.17, 15) is 18.3 Å². The van der Waals surface area contributed by atoms with Crippen molar-refractivity contribution in [3.8, 4) is 17.2 Å². The monoisotopic (exact) mass is 332 g/mol. The highest BCUT2D eigenvalue weighted by molar-refractivity contribution is 9.10. The van der Waals surface area contributed by atoms with E-state index in [2.05, 4.69) is 15.9 Å². The molecule has 6 heteroatoms. The lowest BCUT2D eigenvalue weighted by atomic mass is 10.2. The zero-order chi connectivity index (χ0) is 14.0. The molecular formula is C13H8BrF3O2. The number of phenols is 1. The zero-order valence-corrected chi connectivity index (χ0v) is 11.0. The van der Waals surface area contributed by atoms with Crippen LogP contribution >= 0.6 is 15.9 Å². The van der Waals surface area contributed by atoms with Crippen LogP contribution in [0.1, 0.15) is 5.56 Å². The van der Waals surface area contributed by atoms with Gasteiger partial charge in [-0.2, -0.15) is 13.2 Å². The Morgan fingerprint density at radius 1 is 1.00 bits per heavy atom. The van der Waals surface area contributed by atoms with Gasteiger partial charge < -0.3 is 9.84 Å². The quantitative estimate of drug-likeness (QED) is 0.841. The molecule has 0 aliphatic heterocycles. The molecule has 1 N–H and O–H groups in total. The average molecular weight is 333 g/mol. The molecule has 0 fully saturated rings. The first-order chi connectivity index (χ1) is 8.88. The summed E-state index contributed by atoms with van der Waals surface area (Å²) in [4.78, 5) is 0.